The van der Waals surface area contributed by atoms with E-state index in [1.54, 1.807) is 24.3 Å². The largest absolute Gasteiger partial charge is 0.330 e. The van der Waals surface area contributed by atoms with Crippen LogP contribution in [0.15, 0.2) is 24.3 Å². The Kier molecular flexibility index (Phi) is 6.04. The molecule has 1 rings (SSSR count). The molecule has 0 fully saturated rings. The first-order chi connectivity index (χ1) is 9.06. The predicted octanol–water partition coefficient (Wildman–Crippen LogP) is 2.51. The number of benzene rings is 1. The molecule has 4 heteroatoms. The topological polar surface area (TPSA) is 78.9 Å². The van der Waals surface area contributed by atoms with E-state index in [0.29, 0.717) is 24.4 Å². The van der Waals surface area contributed by atoms with E-state index in [2.05, 4.69) is 19.2 Å². The van der Waals surface area contributed by atoms with Gasteiger partial charge in [0.05, 0.1) is 11.6 Å². The number of nitrogens with zero attached hydrogens (tertiary/aromatic N) is 1. The number of carbonyl (C=O) groups is 1. The summed E-state index contributed by atoms with van der Waals surface area (Å²) in [7, 11) is 0. The van der Waals surface area contributed by atoms with Gasteiger partial charge in [0.25, 0.3) is 0 Å². The van der Waals surface area contributed by atoms with Crippen LogP contribution in [0, 0.1) is 23.2 Å². The highest BCUT2D eigenvalue weighted by atomic mass is 16.1. The first-order valence-corrected chi connectivity index (χ1v) is 6.58. The van der Waals surface area contributed by atoms with Gasteiger partial charge in [0.2, 0.25) is 5.91 Å². The Balaban J connectivity index is 2.67. The lowest BCUT2D eigenvalue weighted by atomic mass is 9.93. The number of nitrogens with one attached hydrogen (secondary N) is 1. The molecule has 1 unspecified atom stereocenters. The third kappa shape index (κ3) is 5.11. The van der Waals surface area contributed by atoms with E-state index in [9.17, 15) is 4.79 Å². The van der Waals surface area contributed by atoms with Gasteiger partial charge < -0.3 is 11.1 Å². The highest BCUT2D eigenvalue weighted by Crippen LogP contribution is 2.18. The van der Waals surface area contributed by atoms with Gasteiger partial charge in [-0.1, -0.05) is 13.8 Å². The van der Waals surface area contributed by atoms with Gasteiger partial charge in [-0.15, -0.1) is 0 Å². The number of hydrogen-bond donors (Lipinski definition) is 2. The Morgan fingerprint density at radius 2 is 2.00 bits per heavy atom. The molecule has 0 saturated carbocycles. The number of amides is 1. The fraction of sp³-hybridized carbons (Fsp3) is 0.467. The van der Waals surface area contributed by atoms with Gasteiger partial charge >= 0.3 is 0 Å². The lowest BCUT2D eigenvalue weighted by Gasteiger charge is -2.18. The Labute approximate surface area is 114 Å². The molecule has 1 amide bonds. The molecule has 4 nitrogen and oxygen atoms in total. The summed E-state index contributed by atoms with van der Waals surface area (Å²) in [6, 6.07) is 8.91. The first-order valence-electron chi connectivity index (χ1n) is 6.58. The van der Waals surface area contributed by atoms with Crippen LogP contribution in [0.25, 0.3) is 0 Å². The van der Waals surface area contributed by atoms with Crippen LogP contribution in [0.1, 0.15) is 32.3 Å². The maximum absolute atomic E-state index is 12.2. The fourth-order valence-corrected chi connectivity index (χ4v) is 2.00. The number of anilines is 1. The van der Waals surface area contributed by atoms with Crippen LogP contribution in [0.3, 0.4) is 0 Å². The molecule has 0 bridgehead atoms. The van der Waals surface area contributed by atoms with E-state index in [4.69, 9.17) is 11.0 Å². The first kappa shape index (κ1) is 15.2. The standard InChI is InChI=1S/C15H21N3O/c1-11(2)9-13(7-8-16)15(19)18-14-5-3-12(10-17)4-6-14/h3-6,11,13H,7-9,16H2,1-2H3,(H,18,19). The summed E-state index contributed by atoms with van der Waals surface area (Å²) in [6.45, 7) is 4.70. The van der Waals surface area contributed by atoms with Crippen molar-refractivity contribution in [3.8, 4) is 6.07 Å². The second-order valence-corrected chi connectivity index (χ2v) is 5.08. The maximum atomic E-state index is 12.2. The van der Waals surface area contributed by atoms with Crippen molar-refractivity contribution < 1.29 is 4.79 Å². The van der Waals surface area contributed by atoms with Crippen LogP contribution in [0.5, 0.6) is 0 Å². The molecule has 102 valence electrons. The average molecular weight is 259 g/mol. The van der Waals surface area contributed by atoms with E-state index in [1.807, 2.05) is 6.07 Å². The minimum Gasteiger partial charge on any atom is -0.330 e. The third-order valence-corrected chi connectivity index (χ3v) is 2.92. The second-order valence-electron chi connectivity index (χ2n) is 5.08. The van der Waals surface area contributed by atoms with Crippen molar-refractivity contribution in [3.05, 3.63) is 29.8 Å². The van der Waals surface area contributed by atoms with Crippen molar-refractivity contribution >= 4 is 11.6 Å². The van der Waals surface area contributed by atoms with E-state index < -0.39 is 0 Å². The van der Waals surface area contributed by atoms with Crippen LogP contribution >= 0.6 is 0 Å². The number of hydrogen-bond acceptors (Lipinski definition) is 3. The SMILES string of the molecule is CC(C)CC(CCN)C(=O)Nc1ccc(C#N)cc1. The summed E-state index contributed by atoms with van der Waals surface area (Å²) in [5.41, 5.74) is 6.86. The molecular weight excluding hydrogens is 238 g/mol. The molecule has 1 aromatic rings. The minimum atomic E-state index is -0.0550. The van der Waals surface area contributed by atoms with Gasteiger partial charge in [0.15, 0.2) is 0 Å². The van der Waals surface area contributed by atoms with Crippen LogP contribution in [0.2, 0.25) is 0 Å². The quantitative estimate of drug-likeness (QED) is 0.823. The summed E-state index contributed by atoms with van der Waals surface area (Å²) >= 11 is 0. The predicted molar refractivity (Wildman–Crippen MR) is 76.4 cm³/mol. The second kappa shape index (κ2) is 7.55. The number of nitrogens with two attached hydrogens (primary N) is 1. The normalized spacial score (nSPS) is 11.9. The van der Waals surface area contributed by atoms with Crippen LogP contribution in [0.4, 0.5) is 5.69 Å². The zero-order valence-electron chi connectivity index (χ0n) is 11.5. The van der Waals surface area contributed by atoms with E-state index >= 15 is 0 Å². The van der Waals surface area contributed by atoms with E-state index in [-0.39, 0.29) is 11.8 Å². The van der Waals surface area contributed by atoms with Crippen LogP contribution < -0.4 is 11.1 Å². The molecule has 0 heterocycles. The van der Waals surface area contributed by atoms with Crippen LogP contribution in [-0.2, 0) is 4.79 Å². The van der Waals surface area contributed by atoms with Gasteiger partial charge in [-0.05, 0) is 49.6 Å². The average Bonchev–Trinajstić information content (AvgIpc) is 2.38. The van der Waals surface area contributed by atoms with E-state index in [0.717, 1.165) is 12.1 Å². The molecule has 3 N–H and O–H groups in total. The molecule has 0 aliphatic rings. The zero-order chi connectivity index (χ0) is 14.3. The number of rotatable bonds is 6. The molecule has 1 aromatic carbocycles. The Bertz CT molecular complexity index is 445. The minimum absolute atomic E-state index is 0.00357. The third-order valence-electron chi connectivity index (χ3n) is 2.92. The summed E-state index contributed by atoms with van der Waals surface area (Å²) in [5.74, 6) is 0.410. The Morgan fingerprint density at radius 1 is 1.37 bits per heavy atom. The van der Waals surface area contributed by atoms with E-state index in [1.165, 1.54) is 0 Å². The Morgan fingerprint density at radius 3 is 2.47 bits per heavy atom. The summed E-state index contributed by atoms with van der Waals surface area (Å²) < 4.78 is 0. The van der Waals surface area contributed by atoms with Gasteiger partial charge in [-0.2, -0.15) is 5.26 Å². The monoisotopic (exact) mass is 259 g/mol. The van der Waals surface area contributed by atoms with Gasteiger partial charge in [-0.25, -0.2) is 0 Å². The summed E-state index contributed by atoms with van der Waals surface area (Å²) in [4.78, 5) is 12.2. The molecule has 0 spiro atoms. The summed E-state index contributed by atoms with van der Waals surface area (Å²) in [6.07, 6.45) is 1.53. The number of carbonyl (C=O) groups excluding carboxylic acids is 1. The fourth-order valence-electron chi connectivity index (χ4n) is 2.00. The smallest absolute Gasteiger partial charge is 0.227 e. The van der Waals surface area contributed by atoms with Gasteiger partial charge in [0.1, 0.15) is 0 Å². The molecule has 0 aromatic heterocycles. The van der Waals surface area contributed by atoms with Crippen molar-refractivity contribution in [1.29, 1.82) is 5.26 Å². The van der Waals surface area contributed by atoms with Crippen molar-refractivity contribution in [3.63, 3.8) is 0 Å². The molecule has 1 atom stereocenters. The maximum Gasteiger partial charge on any atom is 0.227 e. The van der Waals surface area contributed by atoms with Gasteiger partial charge in [0, 0.05) is 11.6 Å². The van der Waals surface area contributed by atoms with Crippen LogP contribution in [-0.4, -0.2) is 12.5 Å². The highest BCUT2D eigenvalue weighted by molar-refractivity contribution is 5.92. The molecular formula is C15H21N3O. The molecule has 0 saturated heterocycles. The molecule has 0 aliphatic heterocycles. The highest BCUT2D eigenvalue weighted by Gasteiger charge is 2.19. The molecule has 0 radical (unpaired) electrons. The summed E-state index contributed by atoms with van der Waals surface area (Å²) in [5, 5.41) is 11.6. The van der Waals surface area contributed by atoms with Crippen molar-refractivity contribution in [2.75, 3.05) is 11.9 Å². The lowest BCUT2D eigenvalue weighted by Crippen LogP contribution is -2.26. The molecule has 0 aliphatic carbocycles. The van der Waals surface area contributed by atoms with Crippen molar-refractivity contribution in [1.82, 2.24) is 0 Å². The van der Waals surface area contributed by atoms with Gasteiger partial charge in [-0.3, -0.25) is 4.79 Å². The lowest BCUT2D eigenvalue weighted by molar-refractivity contribution is -0.120. The number of nitriles is 1. The van der Waals surface area contributed by atoms with Crippen molar-refractivity contribution in [2.24, 2.45) is 17.6 Å². The molecule has 19 heavy (non-hydrogen) atoms. The Hall–Kier alpha value is -1.86. The van der Waals surface area contributed by atoms with Crippen molar-refractivity contribution in [2.45, 2.75) is 26.7 Å². The zero-order valence-corrected chi connectivity index (χ0v) is 11.5.